The molecule has 0 radical (unpaired) electrons. The molecule has 1 saturated heterocycles. The first-order valence-corrected chi connectivity index (χ1v) is 8.25. The van der Waals surface area contributed by atoms with Gasteiger partial charge in [-0.3, -0.25) is 4.79 Å². The van der Waals surface area contributed by atoms with Crippen LogP contribution in [-0.4, -0.2) is 43.4 Å². The Labute approximate surface area is 149 Å². The predicted octanol–water partition coefficient (Wildman–Crippen LogP) is 2.17. The van der Waals surface area contributed by atoms with Gasteiger partial charge in [0.05, 0.1) is 17.8 Å². The summed E-state index contributed by atoms with van der Waals surface area (Å²) in [5, 5.41) is 0. The van der Waals surface area contributed by atoms with Crippen molar-refractivity contribution < 1.29 is 9.18 Å². The zero-order chi connectivity index (χ0) is 18.3. The lowest BCUT2D eigenvalue weighted by molar-refractivity contribution is -0.125. The Balaban J connectivity index is 1.88. The summed E-state index contributed by atoms with van der Waals surface area (Å²) in [6.45, 7) is 4.60. The summed E-state index contributed by atoms with van der Waals surface area (Å²) in [5.74, 6) is 0.0761. The fourth-order valence-electron chi connectivity index (χ4n) is 3.36. The minimum absolute atomic E-state index is 0.0900. The van der Waals surface area contributed by atoms with E-state index in [9.17, 15) is 9.18 Å². The first kappa shape index (κ1) is 16.2. The Morgan fingerprint density at radius 2 is 2.15 bits per heavy atom. The molecule has 0 bridgehead atoms. The van der Waals surface area contributed by atoms with E-state index in [1.165, 1.54) is 18.3 Å². The molecule has 3 heterocycles. The van der Waals surface area contributed by atoms with Gasteiger partial charge in [-0.25, -0.2) is 14.4 Å². The Morgan fingerprint density at radius 1 is 1.35 bits per heavy atom. The molecule has 8 heteroatoms. The first-order valence-electron chi connectivity index (χ1n) is 8.25. The summed E-state index contributed by atoms with van der Waals surface area (Å²) in [5.41, 5.74) is 7.19. The van der Waals surface area contributed by atoms with Gasteiger partial charge in [0.15, 0.2) is 5.65 Å². The third-order valence-corrected chi connectivity index (χ3v) is 4.58. The minimum atomic E-state index is -0.373. The van der Waals surface area contributed by atoms with Crippen molar-refractivity contribution in [2.24, 2.45) is 0 Å². The largest absolute Gasteiger partial charge is 0.368 e. The highest BCUT2D eigenvalue weighted by atomic mass is 19.1. The summed E-state index contributed by atoms with van der Waals surface area (Å²) < 4.78 is 16.3. The van der Waals surface area contributed by atoms with Crippen molar-refractivity contribution in [1.29, 1.82) is 0 Å². The number of nitrogen functional groups attached to an aromatic ring is 1. The van der Waals surface area contributed by atoms with E-state index in [4.69, 9.17) is 5.73 Å². The summed E-state index contributed by atoms with van der Waals surface area (Å²) in [6.07, 6.45) is 3.53. The number of amides is 1. The molecule has 1 atom stereocenters. The standard InChI is InChI=1S/C18H17FN6O/c1-2-15(26)24-8-7-11(10-24)25-16(12-5-3-4-6-13(12)19)22-14-9-21-18(20)23-17(14)25/h2-6,9,11H,1,7-8,10H2,(H2,20,21,23). The first-order chi connectivity index (χ1) is 12.6. The van der Waals surface area contributed by atoms with Crippen molar-refractivity contribution in [3.63, 3.8) is 0 Å². The van der Waals surface area contributed by atoms with Crippen molar-refractivity contribution in [2.75, 3.05) is 18.8 Å². The number of carbonyl (C=O) groups excluding carboxylic acids is 1. The van der Waals surface area contributed by atoms with Crippen LogP contribution >= 0.6 is 0 Å². The van der Waals surface area contributed by atoms with Crippen molar-refractivity contribution in [1.82, 2.24) is 24.4 Å². The quantitative estimate of drug-likeness (QED) is 0.730. The Kier molecular flexibility index (Phi) is 3.87. The van der Waals surface area contributed by atoms with E-state index < -0.39 is 0 Å². The third kappa shape index (κ3) is 2.59. The fraction of sp³-hybridized carbons (Fsp3) is 0.222. The Morgan fingerprint density at radius 3 is 2.92 bits per heavy atom. The number of nitrogens with two attached hydrogens (primary N) is 1. The molecule has 3 aromatic rings. The SMILES string of the molecule is C=CC(=O)N1CCC(n2c(-c3ccccc3F)nc3cnc(N)nc32)C1. The molecule has 132 valence electrons. The van der Waals surface area contributed by atoms with E-state index in [0.29, 0.717) is 42.1 Å². The number of likely N-dealkylation sites (tertiary alicyclic amines) is 1. The number of imidazole rings is 1. The second kappa shape index (κ2) is 6.21. The smallest absolute Gasteiger partial charge is 0.246 e. The van der Waals surface area contributed by atoms with Crippen LogP contribution in [0, 0.1) is 5.82 Å². The molecule has 7 nitrogen and oxygen atoms in total. The number of fused-ring (bicyclic) bond motifs is 1. The van der Waals surface area contributed by atoms with Gasteiger partial charge in [0.1, 0.15) is 17.2 Å². The van der Waals surface area contributed by atoms with E-state index >= 15 is 0 Å². The van der Waals surface area contributed by atoms with Gasteiger partial charge in [-0.05, 0) is 24.6 Å². The van der Waals surface area contributed by atoms with Crippen molar-refractivity contribution in [3.05, 3.63) is 48.9 Å². The molecule has 1 aromatic carbocycles. The van der Waals surface area contributed by atoms with Crippen molar-refractivity contribution in [2.45, 2.75) is 12.5 Å². The molecule has 1 amide bonds. The number of halogens is 1. The highest BCUT2D eigenvalue weighted by Crippen LogP contribution is 2.33. The second-order valence-electron chi connectivity index (χ2n) is 6.15. The van der Waals surface area contributed by atoms with Crippen LogP contribution in [0.25, 0.3) is 22.6 Å². The topological polar surface area (TPSA) is 89.9 Å². The maximum absolute atomic E-state index is 14.4. The zero-order valence-corrected chi connectivity index (χ0v) is 14.0. The number of hydrogen-bond acceptors (Lipinski definition) is 5. The summed E-state index contributed by atoms with van der Waals surface area (Å²) in [4.78, 5) is 26.5. The van der Waals surface area contributed by atoms with Gasteiger partial charge in [-0.2, -0.15) is 4.98 Å². The van der Waals surface area contributed by atoms with Gasteiger partial charge in [0.25, 0.3) is 0 Å². The number of aromatic nitrogens is 4. The second-order valence-corrected chi connectivity index (χ2v) is 6.15. The number of anilines is 1. The molecular weight excluding hydrogens is 335 g/mol. The molecule has 1 fully saturated rings. The molecule has 1 aliphatic rings. The van der Waals surface area contributed by atoms with E-state index in [1.807, 2.05) is 4.57 Å². The zero-order valence-electron chi connectivity index (χ0n) is 14.0. The molecule has 1 aliphatic heterocycles. The molecule has 4 rings (SSSR count). The van der Waals surface area contributed by atoms with Gasteiger partial charge in [-0.15, -0.1) is 0 Å². The van der Waals surface area contributed by atoms with E-state index in [-0.39, 0.29) is 23.7 Å². The van der Waals surface area contributed by atoms with E-state index in [1.54, 1.807) is 23.1 Å². The molecule has 1 unspecified atom stereocenters. The van der Waals surface area contributed by atoms with Gasteiger partial charge in [-0.1, -0.05) is 18.7 Å². The van der Waals surface area contributed by atoms with Crippen LogP contribution in [0.15, 0.2) is 43.1 Å². The van der Waals surface area contributed by atoms with Crippen LogP contribution in [0.5, 0.6) is 0 Å². The fourth-order valence-corrected chi connectivity index (χ4v) is 3.36. The Hall–Kier alpha value is -3.29. The van der Waals surface area contributed by atoms with Crippen LogP contribution in [0.2, 0.25) is 0 Å². The average Bonchev–Trinajstić information content (AvgIpc) is 3.25. The number of nitrogens with zero attached hydrogens (tertiary/aromatic N) is 5. The summed E-state index contributed by atoms with van der Waals surface area (Å²) in [7, 11) is 0. The van der Waals surface area contributed by atoms with E-state index in [0.717, 1.165) is 0 Å². The highest BCUT2D eigenvalue weighted by Gasteiger charge is 2.30. The van der Waals surface area contributed by atoms with Gasteiger partial charge in [0, 0.05) is 13.1 Å². The molecule has 26 heavy (non-hydrogen) atoms. The monoisotopic (exact) mass is 352 g/mol. The van der Waals surface area contributed by atoms with Crippen LogP contribution in [-0.2, 0) is 4.79 Å². The normalized spacial score (nSPS) is 17.0. The number of carbonyl (C=O) groups is 1. The molecule has 2 aromatic heterocycles. The lowest BCUT2D eigenvalue weighted by Crippen LogP contribution is -2.27. The molecule has 2 N–H and O–H groups in total. The average molecular weight is 352 g/mol. The summed E-state index contributed by atoms with van der Waals surface area (Å²) in [6, 6.07) is 6.36. The lowest BCUT2D eigenvalue weighted by atomic mass is 10.1. The third-order valence-electron chi connectivity index (χ3n) is 4.58. The summed E-state index contributed by atoms with van der Waals surface area (Å²) >= 11 is 0. The van der Waals surface area contributed by atoms with Crippen LogP contribution < -0.4 is 5.73 Å². The number of rotatable bonds is 3. The highest BCUT2D eigenvalue weighted by molar-refractivity contribution is 5.87. The number of benzene rings is 1. The number of hydrogen-bond donors (Lipinski definition) is 1. The van der Waals surface area contributed by atoms with Gasteiger partial charge < -0.3 is 15.2 Å². The van der Waals surface area contributed by atoms with Crippen LogP contribution in [0.1, 0.15) is 12.5 Å². The maximum Gasteiger partial charge on any atom is 0.246 e. The van der Waals surface area contributed by atoms with E-state index in [2.05, 4.69) is 21.5 Å². The predicted molar refractivity (Wildman–Crippen MR) is 95.6 cm³/mol. The molecule has 0 spiro atoms. The molecular formula is C18H17FN6O. The van der Waals surface area contributed by atoms with Crippen LogP contribution in [0.4, 0.5) is 10.3 Å². The van der Waals surface area contributed by atoms with Crippen molar-refractivity contribution >= 4 is 23.0 Å². The Bertz CT molecular complexity index is 1010. The molecule has 0 aliphatic carbocycles. The van der Waals surface area contributed by atoms with Crippen molar-refractivity contribution in [3.8, 4) is 11.4 Å². The maximum atomic E-state index is 14.4. The van der Waals surface area contributed by atoms with Gasteiger partial charge in [0.2, 0.25) is 11.9 Å². The lowest BCUT2D eigenvalue weighted by Gasteiger charge is -2.18. The minimum Gasteiger partial charge on any atom is -0.368 e. The van der Waals surface area contributed by atoms with Gasteiger partial charge >= 0.3 is 0 Å². The van der Waals surface area contributed by atoms with Crippen LogP contribution in [0.3, 0.4) is 0 Å². The molecule has 0 saturated carbocycles.